The van der Waals surface area contributed by atoms with E-state index in [0.717, 1.165) is 35.0 Å². The van der Waals surface area contributed by atoms with Gasteiger partial charge in [-0.2, -0.15) is 0 Å². The van der Waals surface area contributed by atoms with Crippen LogP contribution in [0.4, 0.5) is 0 Å². The molecule has 1 saturated heterocycles. The normalized spacial score (nSPS) is 18.5. The van der Waals surface area contributed by atoms with Crippen LogP contribution in [0.5, 0.6) is 0 Å². The minimum atomic E-state index is 0. The van der Waals surface area contributed by atoms with Gasteiger partial charge in [0.1, 0.15) is 0 Å². The molecule has 0 saturated carbocycles. The molecule has 2 rings (SSSR count). The van der Waals surface area contributed by atoms with Gasteiger partial charge in [-0.15, -0.1) is 12.4 Å². The molecule has 1 atom stereocenters. The molecule has 5 heteroatoms. The molecule has 0 aliphatic carbocycles. The second-order valence-corrected chi connectivity index (χ2v) is 5.86. The minimum Gasteiger partial charge on any atom is -0.381 e. The van der Waals surface area contributed by atoms with Crippen LogP contribution in [0.3, 0.4) is 0 Å². The Morgan fingerprint density at radius 1 is 1.18 bits per heavy atom. The summed E-state index contributed by atoms with van der Waals surface area (Å²) in [5, 5.41) is 0. The summed E-state index contributed by atoms with van der Waals surface area (Å²) in [4.78, 5) is 0. The Hall–Kier alpha value is 0.390. The zero-order valence-electron chi connectivity index (χ0n) is 9.36. The molecule has 17 heavy (non-hydrogen) atoms. The maximum absolute atomic E-state index is 6.30. The number of hydrogen-bond acceptors (Lipinski definition) is 2. The van der Waals surface area contributed by atoms with Crippen molar-refractivity contribution in [1.29, 1.82) is 0 Å². The molecule has 1 heterocycles. The molecule has 0 spiro atoms. The van der Waals surface area contributed by atoms with Crippen molar-refractivity contribution in [2.75, 3.05) is 13.2 Å². The summed E-state index contributed by atoms with van der Waals surface area (Å²) in [5.74, 6) is 0.543. The fraction of sp³-hybridized carbons (Fsp3) is 0.500. The highest BCUT2D eigenvalue weighted by Gasteiger charge is 2.22. The van der Waals surface area contributed by atoms with E-state index < -0.39 is 0 Å². The first-order chi connectivity index (χ1) is 7.68. The Morgan fingerprint density at radius 3 is 2.41 bits per heavy atom. The number of benzene rings is 1. The summed E-state index contributed by atoms with van der Waals surface area (Å²) in [6.07, 6.45) is 2.13. The van der Waals surface area contributed by atoms with Crippen LogP contribution in [0.15, 0.2) is 27.1 Å². The third-order valence-corrected chi connectivity index (χ3v) is 4.98. The fourth-order valence-corrected chi connectivity index (χ4v) is 2.71. The quantitative estimate of drug-likeness (QED) is 0.833. The zero-order chi connectivity index (χ0) is 11.5. The first-order valence-electron chi connectivity index (χ1n) is 5.47. The Kier molecular flexibility index (Phi) is 6.45. The molecule has 2 N–H and O–H groups in total. The van der Waals surface area contributed by atoms with Gasteiger partial charge in [0, 0.05) is 28.2 Å². The predicted molar refractivity (Wildman–Crippen MR) is 79.6 cm³/mol. The van der Waals surface area contributed by atoms with E-state index in [1.807, 2.05) is 6.07 Å². The zero-order valence-corrected chi connectivity index (χ0v) is 13.4. The molecule has 0 unspecified atom stereocenters. The summed E-state index contributed by atoms with van der Waals surface area (Å²) in [7, 11) is 0. The van der Waals surface area contributed by atoms with Gasteiger partial charge in [0.15, 0.2) is 0 Å². The topological polar surface area (TPSA) is 35.2 Å². The number of nitrogens with two attached hydrogens (primary N) is 1. The van der Waals surface area contributed by atoms with Crippen LogP contribution in [-0.4, -0.2) is 13.2 Å². The van der Waals surface area contributed by atoms with Crippen LogP contribution >= 0.6 is 44.3 Å². The smallest absolute Gasteiger partial charge is 0.0469 e. The molecule has 0 bridgehead atoms. The molecule has 2 nitrogen and oxygen atoms in total. The highest BCUT2D eigenvalue weighted by atomic mass is 79.9. The van der Waals surface area contributed by atoms with Gasteiger partial charge in [0.25, 0.3) is 0 Å². The lowest BCUT2D eigenvalue weighted by atomic mass is 9.88. The molecule has 0 radical (unpaired) electrons. The number of ether oxygens (including phenoxy) is 1. The molecule has 1 aliphatic heterocycles. The SMILES string of the molecule is Cl.N[C@H](c1ccc(Br)c(Br)c1)C1CCOCC1. The van der Waals surface area contributed by atoms with Crippen LogP contribution < -0.4 is 5.73 Å². The summed E-state index contributed by atoms with van der Waals surface area (Å²) < 4.78 is 7.48. The maximum atomic E-state index is 6.30. The van der Waals surface area contributed by atoms with E-state index in [1.54, 1.807) is 0 Å². The Balaban J connectivity index is 0.00000144. The van der Waals surface area contributed by atoms with Gasteiger partial charge in [-0.3, -0.25) is 0 Å². The summed E-state index contributed by atoms with van der Waals surface area (Å²) >= 11 is 6.98. The van der Waals surface area contributed by atoms with Crippen molar-refractivity contribution in [2.24, 2.45) is 11.7 Å². The van der Waals surface area contributed by atoms with Crippen molar-refractivity contribution in [3.63, 3.8) is 0 Å². The van der Waals surface area contributed by atoms with Crippen molar-refractivity contribution in [3.05, 3.63) is 32.7 Å². The first-order valence-corrected chi connectivity index (χ1v) is 7.05. The van der Waals surface area contributed by atoms with Crippen LogP contribution in [0.25, 0.3) is 0 Å². The van der Waals surface area contributed by atoms with Gasteiger partial charge < -0.3 is 10.5 Å². The van der Waals surface area contributed by atoms with E-state index in [4.69, 9.17) is 10.5 Å². The Morgan fingerprint density at radius 2 is 1.82 bits per heavy atom. The predicted octanol–water partition coefficient (Wildman–Crippen LogP) is 4.06. The average molecular weight is 386 g/mol. The van der Waals surface area contributed by atoms with E-state index in [9.17, 15) is 0 Å². The lowest BCUT2D eigenvalue weighted by molar-refractivity contribution is 0.0584. The Bertz CT molecular complexity index is 370. The van der Waals surface area contributed by atoms with Crippen LogP contribution in [0.1, 0.15) is 24.4 Å². The molecule has 1 aromatic rings. The summed E-state index contributed by atoms with van der Waals surface area (Å²) in [6.45, 7) is 1.69. The number of rotatable bonds is 2. The van der Waals surface area contributed by atoms with E-state index in [-0.39, 0.29) is 18.4 Å². The fourth-order valence-electron chi connectivity index (χ4n) is 2.07. The van der Waals surface area contributed by atoms with Crippen molar-refractivity contribution >= 4 is 44.3 Å². The van der Waals surface area contributed by atoms with Gasteiger partial charge in [0.2, 0.25) is 0 Å². The molecule has 96 valence electrons. The largest absolute Gasteiger partial charge is 0.381 e. The maximum Gasteiger partial charge on any atom is 0.0469 e. The third kappa shape index (κ3) is 3.93. The molecule has 1 fully saturated rings. The van der Waals surface area contributed by atoms with Crippen molar-refractivity contribution in [3.8, 4) is 0 Å². The first kappa shape index (κ1) is 15.4. The van der Waals surface area contributed by atoms with Gasteiger partial charge in [-0.05, 0) is 68.3 Å². The highest BCUT2D eigenvalue weighted by Crippen LogP contribution is 2.31. The highest BCUT2D eigenvalue weighted by molar-refractivity contribution is 9.13. The summed E-state index contributed by atoms with van der Waals surface area (Å²) in [5.41, 5.74) is 7.49. The van der Waals surface area contributed by atoms with E-state index >= 15 is 0 Å². The molecular formula is C12H16Br2ClNO. The third-order valence-electron chi connectivity index (χ3n) is 3.10. The van der Waals surface area contributed by atoms with E-state index in [1.165, 1.54) is 5.56 Å². The van der Waals surface area contributed by atoms with Crippen LogP contribution in [0, 0.1) is 5.92 Å². The second kappa shape index (κ2) is 7.10. The minimum absolute atomic E-state index is 0. The van der Waals surface area contributed by atoms with E-state index in [0.29, 0.717) is 5.92 Å². The van der Waals surface area contributed by atoms with Crippen LogP contribution in [0.2, 0.25) is 0 Å². The van der Waals surface area contributed by atoms with Crippen molar-refractivity contribution in [2.45, 2.75) is 18.9 Å². The average Bonchev–Trinajstić information content (AvgIpc) is 2.33. The number of halogens is 3. The standard InChI is InChI=1S/C12H15Br2NO.ClH/c13-10-2-1-9(7-11(10)14)12(15)8-3-5-16-6-4-8;/h1-2,7-8,12H,3-6,15H2;1H/t12-;/m0./s1. The second-order valence-electron chi connectivity index (χ2n) is 4.15. The van der Waals surface area contributed by atoms with Crippen molar-refractivity contribution < 1.29 is 4.74 Å². The van der Waals surface area contributed by atoms with Gasteiger partial charge >= 0.3 is 0 Å². The number of hydrogen-bond donors (Lipinski definition) is 1. The Labute approximate surface area is 125 Å². The molecule has 1 aliphatic rings. The van der Waals surface area contributed by atoms with Gasteiger partial charge in [-0.1, -0.05) is 6.07 Å². The van der Waals surface area contributed by atoms with Gasteiger partial charge in [-0.25, -0.2) is 0 Å². The molecule has 1 aromatic carbocycles. The van der Waals surface area contributed by atoms with Crippen molar-refractivity contribution in [1.82, 2.24) is 0 Å². The van der Waals surface area contributed by atoms with Crippen LogP contribution in [-0.2, 0) is 4.74 Å². The monoisotopic (exact) mass is 383 g/mol. The van der Waals surface area contributed by atoms with Gasteiger partial charge in [0.05, 0.1) is 0 Å². The van der Waals surface area contributed by atoms with E-state index in [2.05, 4.69) is 44.0 Å². The molecular weight excluding hydrogens is 369 g/mol. The lowest BCUT2D eigenvalue weighted by Gasteiger charge is -2.28. The molecule has 0 aromatic heterocycles. The molecule has 0 amide bonds. The summed E-state index contributed by atoms with van der Waals surface area (Å²) in [6, 6.07) is 6.35. The lowest BCUT2D eigenvalue weighted by Crippen LogP contribution is -2.27.